The van der Waals surface area contributed by atoms with Gasteiger partial charge in [-0.05, 0) is 42.0 Å². The van der Waals surface area contributed by atoms with Crippen LogP contribution in [-0.4, -0.2) is 33.1 Å². The number of benzene rings is 2. The van der Waals surface area contributed by atoms with E-state index in [0.29, 0.717) is 22.8 Å². The molecule has 2 rings (SSSR count). The lowest BCUT2D eigenvalue weighted by Gasteiger charge is -2.11. The van der Waals surface area contributed by atoms with Gasteiger partial charge in [0.15, 0.2) is 11.5 Å². The van der Waals surface area contributed by atoms with Crippen LogP contribution in [0.3, 0.4) is 0 Å². The second-order valence-corrected chi connectivity index (χ2v) is 5.33. The fourth-order valence-electron chi connectivity index (χ4n) is 2.27. The highest BCUT2D eigenvalue weighted by molar-refractivity contribution is 6.05. The fourth-order valence-corrected chi connectivity index (χ4v) is 2.27. The van der Waals surface area contributed by atoms with Crippen LogP contribution in [0.4, 0.5) is 0 Å². The molecule has 0 radical (unpaired) electrons. The third kappa shape index (κ3) is 4.99. The van der Waals surface area contributed by atoms with Crippen LogP contribution in [-0.2, 0) is 4.79 Å². The summed E-state index contributed by atoms with van der Waals surface area (Å²) in [6, 6.07) is 11.6. The van der Waals surface area contributed by atoms with Crippen LogP contribution in [0, 0.1) is 0 Å². The summed E-state index contributed by atoms with van der Waals surface area (Å²) in [6.45, 7) is 0. The maximum atomic E-state index is 12.5. The molecule has 0 bridgehead atoms. The Labute approximate surface area is 156 Å². The minimum Gasteiger partial charge on any atom is -0.497 e. The zero-order valence-electron chi connectivity index (χ0n) is 15.2. The Morgan fingerprint density at radius 2 is 1.59 bits per heavy atom. The van der Waals surface area contributed by atoms with E-state index in [9.17, 15) is 9.59 Å². The molecule has 0 aliphatic rings. The van der Waals surface area contributed by atoms with E-state index < -0.39 is 11.8 Å². The summed E-state index contributed by atoms with van der Waals surface area (Å²) in [5.74, 6) is 5.64. The monoisotopic (exact) mass is 371 g/mol. The van der Waals surface area contributed by atoms with Crippen LogP contribution in [0.15, 0.2) is 48.2 Å². The molecule has 2 aromatic carbocycles. The minimum atomic E-state index is -0.639. The molecule has 2 aromatic rings. The van der Waals surface area contributed by atoms with E-state index in [1.54, 1.807) is 43.5 Å². The van der Waals surface area contributed by atoms with Gasteiger partial charge in [-0.15, -0.1) is 0 Å². The Morgan fingerprint density at radius 3 is 2.15 bits per heavy atom. The number of methoxy groups -OCH3 is 3. The van der Waals surface area contributed by atoms with E-state index in [2.05, 4.69) is 5.32 Å². The molecule has 0 aliphatic carbocycles. The Kier molecular flexibility index (Phi) is 6.79. The van der Waals surface area contributed by atoms with E-state index in [4.69, 9.17) is 20.1 Å². The molecular formula is C19H21N3O5. The molecule has 0 unspecified atom stereocenters. The molecule has 0 spiro atoms. The van der Waals surface area contributed by atoms with E-state index in [-0.39, 0.29) is 11.3 Å². The Morgan fingerprint density at radius 1 is 0.926 bits per heavy atom. The van der Waals surface area contributed by atoms with Crippen molar-refractivity contribution < 1.29 is 23.8 Å². The molecule has 2 amide bonds. The molecule has 0 atom stereocenters. The summed E-state index contributed by atoms with van der Waals surface area (Å²) in [7, 11) is 4.52. The molecule has 0 saturated heterocycles. The third-order valence-corrected chi connectivity index (χ3v) is 3.70. The van der Waals surface area contributed by atoms with Gasteiger partial charge in [0.2, 0.25) is 0 Å². The lowest BCUT2D eigenvalue weighted by molar-refractivity contribution is -0.117. The normalized spacial score (nSPS) is 10.7. The Hall–Kier alpha value is -3.52. The number of nitrogens with one attached hydrogen (secondary N) is 2. The van der Waals surface area contributed by atoms with Gasteiger partial charge in [0, 0.05) is 5.56 Å². The van der Waals surface area contributed by atoms with Crippen LogP contribution in [0.5, 0.6) is 17.2 Å². The molecule has 4 N–H and O–H groups in total. The van der Waals surface area contributed by atoms with Gasteiger partial charge in [-0.3, -0.25) is 15.0 Å². The summed E-state index contributed by atoms with van der Waals surface area (Å²) in [4.78, 5) is 24.6. The first-order chi connectivity index (χ1) is 13.0. The Balaban J connectivity index is 2.28. The van der Waals surface area contributed by atoms with Crippen LogP contribution in [0.1, 0.15) is 15.9 Å². The second kappa shape index (κ2) is 9.25. The van der Waals surface area contributed by atoms with Crippen molar-refractivity contribution in [2.24, 2.45) is 5.84 Å². The quantitative estimate of drug-likeness (QED) is 0.294. The average molecular weight is 371 g/mol. The third-order valence-electron chi connectivity index (χ3n) is 3.70. The number of carbonyl (C=O) groups excluding carboxylic acids is 2. The summed E-state index contributed by atoms with van der Waals surface area (Å²) in [5, 5.41) is 2.55. The Bertz CT molecular complexity index is 847. The van der Waals surface area contributed by atoms with Crippen molar-refractivity contribution in [2.75, 3.05) is 21.3 Å². The van der Waals surface area contributed by atoms with Crippen molar-refractivity contribution in [3.8, 4) is 17.2 Å². The lowest BCUT2D eigenvalue weighted by atomic mass is 10.1. The minimum absolute atomic E-state index is 0.0116. The number of amides is 2. The van der Waals surface area contributed by atoms with Gasteiger partial charge in [-0.25, -0.2) is 5.84 Å². The largest absolute Gasteiger partial charge is 0.497 e. The molecule has 8 heteroatoms. The van der Waals surface area contributed by atoms with E-state index in [0.717, 1.165) is 0 Å². The van der Waals surface area contributed by atoms with Gasteiger partial charge in [0.05, 0.1) is 21.3 Å². The highest BCUT2D eigenvalue weighted by Gasteiger charge is 2.15. The zero-order chi connectivity index (χ0) is 19.8. The number of nitrogens with two attached hydrogens (primary N) is 1. The highest BCUT2D eigenvalue weighted by atomic mass is 16.5. The molecule has 0 aromatic heterocycles. The SMILES string of the molecule is COc1ccc(/C=C(/NC(=O)c2ccc(OC)c(OC)c2)C(=O)NN)cc1. The molecule has 0 aliphatic heterocycles. The van der Waals surface area contributed by atoms with E-state index in [1.165, 1.54) is 26.4 Å². The molecule has 8 nitrogen and oxygen atoms in total. The highest BCUT2D eigenvalue weighted by Crippen LogP contribution is 2.27. The van der Waals surface area contributed by atoms with Crippen LogP contribution < -0.4 is 30.8 Å². The standard InChI is InChI=1S/C19H21N3O5/c1-25-14-7-4-12(5-8-14)10-15(19(24)22-20)21-18(23)13-6-9-16(26-2)17(11-13)27-3/h4-11H,20H2,1-3H3,(H,21,23)(H,22,24)/b15-10+. The number of hydrogen-bond donors (Lipinski definition) is 3. The number of hydrogen-bond acceptors (Lipinski definition) is 6. The maximum Gasteiger partial charge on any atom is 0.281 e. The lowest BCUT2D eigenvalue weighted by Crippen LogP contribution is -2.38. The van der Waals surface area contributed by atoms with Gasteiger partial charge < -0.3 is 19.5 Å². The molecule has 0 saturated carbocycles. The number of carbonyl (C=O) groups is 2. The van der Waals surface area contributed by atoms with Crippen molar-refractivity contribution >= 4 is 17.9 Å². The molecule has 0 fully saturated rings. The molecule has 27 heavy (non-hydrogen) atoms. The summed E-state index contributed by atoms with van der Waals surface area (Å²) >= 11 is 0. The molecule has 142 valence electrons. The predicted molar refractivity (Wildman–Crippen MR) is 100 cm³/mol. The number of ether oxygens (including phenoxy) is 3. The van der Waals surface area contributed by atoms with E-state index >= 15 is 0 Å². The van der Waals surface area contributed by atoms with Crippen molar-refractivity contribution in [3.63, 3.8) is 0 Å². The predicted octanol–water partition coefficient (Wildman–Crippen LogP) is 1.47. The smallest absolute Gasteiger partial charge is 0.281 e. The maximum absolute atomic E-state index is 12.5. The van der Waals surface area contributed by atoms with Crippen LogP contribution in [0.2, 0.25) is 0 Å². The van der Waals surface area contributed by atoms with Gasteiger partial charge >= 0.3 is 0 Å². The van der Waals surface area contributed by atoms with Crippen molar-refractivity contribution in [1.82, 2.24) is 10.7 Å². The van der Waals surface area contributed by atoms with Crippen LogP contribution in [0.25, 0.3) is 6.08 Å². The molecule has 0 heterocycles. The zero-order valence-corrected chi connectivity index (χ0v) is 15.2. The summed E-state index contributed by atoms with van der Waals surface area (Å²) in [5.41, 5.74) is 2.97. The van der Waals surface area contributed by atoms with Crippen molar-refractivity contribution in [3.05, 3.63) is 59.3 Å². The van der Waals surface area contributed by atoms with Gasteiger partial charge in [0.25, 0.3) is 11.8 Å². The van der Waals surface area contributed by atoms with Gasteiger partial charge in [-0.1, -0.05) is 12.1 Å². The summed E-state index contributed by atoms with van der Waals surface area (Å²) < 4.78 is 15.4. The first-order valence-electron chi connectivity index (χ1n) is 7.92. The second-order valence-electron chi connectivity index (χ2n) is 5.33. The summed E-state index contributed by atoms with van der Waals surface area (Å²) in [6.07, 6.45) is 1.50. The number of hydrazine groups is 1. The topological polar surface area (TPSA) is 112 Å². The van der Waals surface area contributed by atoms with Gasteiger partial charge in [-0.2, -0.15) is 0 Å². The van der Waals surface area contributed by atoms with Crippen molar-refractivity contribution in [1.29, 1.82) is 0 Å². The number of rotatable bonds is 7. The van der Waals surface area contributed by atoms with Crippen LogP contribution >= 0.6 is 0 Å². The fraction of sp³-hybridized carbons (Fsp3) is 0.158. The average Bonchev–Trinajstić information content (AvgIpc) is 2.72. The molecular weight excluding hydrogens is 350 g/mol. The van der Waals surface area contributed by atoms with Gasteiger partial charge in [0.1, 0.15) is 11.4 Å². The van der Waals surface area contributed by atoms with E-state index in [1.807, 2.05) is 5.43 Å². The van der Waals surface area contributed by atoms with Crippen molar-refractivity contribution in [2.45, 2.75) is 0 Å². The first kappa shape index (κ1) is 19.8. The first-order valence-corrected chi connectivity index (χ1v) is 7.92.